The van der Waals surface area contributed by atoms with Crippen molar-refractivity contribution in [3.63, 3.8) is 0 Å². The topological polar surface area (TPSA) is 36.9 Å². The molecule has 3 rings (SSSR count). The molecule has 1 aliphatic heterocycles. The fraction of sp³-hybridized carbons (Fsp3) is 0.316. The summed E-state index contributed by atoms with van der Waals surface area (Å²) in [7, 11) is 0. The van der Waals surface area contributed by atoms with Crippen LogP contribution in [0.15, 0.2) is 48.5 Å². The van der Waals surface area contributed by atoms with Crippen molar-refractivity contribution in [1.29, 1.82) is 0 Å². The summed E-state index contributed by atoms with van der Waals surface area (Å²) in [5.41, 5.74) is 3.51. The predicted molar refractivity (Wildman–Crippen MR) is 93.8 cm³/mol. The number of nitrogens with zero attached hydrogens (tertiary/aromatic N) is 1. The van der Waals surface area contributed by atoms with Gasteiger partial charge in [-0.2, -0.15) is 0 Å². The van der Waals surface area contributed by atoms with Gasteiger partial charge in [0.2, 0.25) is 0 Å². The Labute approximate surface area is 142 Å². The van der Waals surface area contributed by atoms with Gasteiger partial charge in [-0.1, -0.05) is 41.9 Å². The highest BCUT2D eigenvalue weighted by Crippen LogP contribution is 2.31. The number of rotatable bonds is 4. The number of carbonyl (C=O) groups excluding carboxylic acids is 1. The molecular weight excluding hydrogens is 308 g/mol. The highest BCUT2D eigenvalue weighted by atomic mass is 35.5. The molecule has 120 valence electrons. The van der Waals surface area contributed by atoms with E-state index in [1.165, 1.54) is 11.1 Å². The molecule has 0 saturated carbocycles. The number of carbonyl (C=O) groups is 1. The summed E-state index contributed by atoms with van der Waals surface area (Å²) in [5.74, 6) is 0.170. The van der Waals surface area contributed by atoms with Crippen LogP contribution in [0.2, 0.25) is 5.02 Å². The third-order valence-electron chi connectivity index (χ3n) is 4.52. The van der Waals surface area contributed by atoms with Crippen LogP contribution in [-0.2, 0) is 11.2 Å². The van der Waals surface area contributed by atoms with Crippen molar-refractivity contribution in [2.45, 2.75) is 32.4 Å². The fourth-order valence-electron chi connectivity index (χ4n) is 3.22. The lowest BCUT2D eigenvalue weighted by molar-refractivity contribution is -0.682. The Bertz CT molecular complexity index is 699. The lowest BCUT2D eigenvalue weighted by Gasteiger charge is -2.22. The number of hydrogen-bond acceptors (Lipinski definition) is 1. The molecule has 2 aromatic carbocycles. The van der Waals surface area contributed by atoms with Crippen LogP contribution in [0.1, 0.15) is 31.0 Å². The average molecular weight is 330 g/mol. The minimum Gasteiger partial charge on any atom is -0.333 e. The number of hydrogen-bond donors (Lipinski definition) is 1. The first-order chi connectivity index (χ1) is 11.1. The van der Waals surface area contributed by atoms with E-state index in [0.717, 1.165) is 17.1 Å². The molecule has 0 spiro atoms. The summed E-state index contributed by atoms with van der Waals surface area (Å²) in [4.78, 5) is 14.6. The molecule has 3 nitrogen and oxygen atoms in total. The number of para-hydroxylation sites is 1. The quantitative estimate of drug-likeness (QED) is 0.920. The smallest absolute Gasteiger partial charge is 0.282 e. The highest BCUT2D eigenvalue weighted by molar-refractivity contribution is 6.30. The van der Waals surface area contributed by atoms with Crippen molar-refractivity contribution in [2.24, 2.45) is 0 Å². The Hall–Kier alpha value is -1.84. The summed E-state index contributed by atoms with van der Waals surface area (Å²) in [6, 6.07) is 16.5. The Kier molecular flexibility index (Phi) is 4.69. The van der Waals surface area contributed by atoms with Gasteiger partial charge in [-0.05, 0) is 44.0 Å². The Morgan fingerprint density at radius 3 is 2.70 bits per heavy atom. The van der Waals surface area contributed by atoms with Gasteiger partial charge < -0.3 is 10.2 Å². The summed E-state index contributed by atoms with van der Waals surface area (Å²) in [6.07, 6.45) is 0.939. The number of fused-ring (bicyclic) bond motifs is 1. The van der Waals surface area contributed by atoms with Gasteiger partial charge >= 0.3 is 0 Å². The molecule has 0 aliphatic carbocycles. The first kappa shape index (κ1) is 16.0. The third-order valence-corrected chi connectivity index (χ3v) is 4.77. The standard InChI is InChI=1S/C19H21ClN2O/c1-13-11-16-5-3-4-6-18(16)22(13)19(23)12-21-14(2)15-7-9-17(20)10-8-15/h3-10,13-14,21H,11-12H2,1-2H3/p+1/t13-,14+/m0/s1. The fourth-order valence-corrected chi connectivity index (χ4v) is 3.35. The van der Waals surface area contributed by atoms with Crippen LogP contribution < -0.4 is 10.2 Å². The molecule has 23 heavy (non-hydrogen) atoms. The van der Waals surface area contributed by atoms with Gasteiger partial charge in [0.15, 0.2) is 6.54 Å². The second-order valence-corrected chi connectivity index (χ2v) is 6.66. The van der Waals surface area contributed by atoms with Crippen LogP contribution in [0, 0.1) is 0 Å². The van der Waals surface area contributed by atoms with Crippen molar-refractivity contribution < 1.29 is 10.1 Å². The van der Waals surface area contributed by atoms with E-state index in [1.807, 2.05) is 47.4 Å². The molecule has 1 amide bonds. The van der Waals surface area contributed by atoms with Crippen molar-refractivity contribution >= 4 is 23.2 Å². The largest absolute Gasteiger partial charge is 0.333 e. The third kappa shape index (κ3) is 3.41. The zero-order chi connectivity index (χ0) is 16.4. The van der Waals surface area contributed by atoms with E-state index in [4.69, 9.17) is 11.6 Å². The summed E-state index contributed by atoms with van der Waals surface area (Å²) < 4.78 is 0. The number of amides is 1. The molecule has 2 N–H and O–H groups in total. The summed E-state index contributed by atoms with van der Waals surface area (Å²) in [5, 5.41) is 2.82. The first-order valence-electron chi connectivity index (χ1n) is 8.05. The highest BCUT2D eigenvalue weighted by Gasteiger charge is 2.31. The Morgan fingerprint density at radius 1 is 1.26 bits per heavy atom. The number of halogens is 1. The number of quaternary nitrogens is 1. The summed E-state index contributed by atoms with van der Waals surface area (Å²) >= 11 is 5.92. The maximum Gasteiger partial charge on any atom is 0.282 e. The molecule has 0 bridgehead atoms. The van der Waals surface area contributed by atoms with Crippen LogP contribution in [0.3, 0.4) is 0 Å². The lowest BCUT2D eigenvalue weighted by Crippen LogP contribution is -2.87. The van der Waals surface area contributed by atoms with Gasteiger partial charge in [-0.15, -0.1) is 0 Å². The maximum absolute atomic E-state index is 12.7. The van der Waals surface area contributed by atoms with E-state index in [9.17, 15) is 4.79 Å². The monoisotopic (exact) mass is 329 g/mol. The van der Waals surface area contributed by atoms with Crippen LogP contribution in [0.5, 0.6) is 0 Å². The molecule has 0 unspecified atom stereocenters. The first-order valence-corrected chi connectivity index (χ1v) is 8.43. The Morgan fingerprint density at radius 2 is 1.96 bits per heavy atom. The van der Waals surface area contributed by atoms with E-state index >= 15 is 0 Å². The van der Waals surface area contributed by atoms with Crippen molar-refractivity contribution in [3.8, 4) is 0 Å². The number of benzene rings is 2. The van der Waals surface area contributed by atoms with E-state index < -0.39 is 0 Å². The molecule has 2 atom stereocenters. The zero-order valence-electron chi connectivity index (χ0n) is 13.5. The van der Waals surface area contributed by atoms with Gasteiger partial charge in [-0.25, -0.2) is 0 Å². The molecule has 1 aliphatic rings. The van der Waals surface area contributed by atoms with E-state index in [2.05, 4.69) is 25.2 Å². The number of nitrogens with two attached hydrogens (primary N) is 1. The second-order valence-electron chi connectivity index (χ2n) is 6.23. The van der Waals surface area contributed by atoms with Gasteiger partial charge in [0.1, 0.15) is 6.04 Å². The number of anilines is 1. The molecule has 0 aromatic heterocycles. The SMILES string of the molecule is C[C@@H]([NH2+]CC(=O)N1c2ccccc2C[C@@H]1C)c1ccc(Cl)cc1. The van der Waals surface area contributed by atoms with Gasteiger partial charge in [0.25, 0.3) is 5.91 Å². The van der Waals surface area contributed by atoms with E-state index in [0.29, 0.717) is 6.54 Å². The van der Waals surface area contributed by atoms with Crippen LogP contribution in [-0.4, -0.2) is 18.5 Å². The minimum atomic E-state index is 0.170. The van der Waals surface area contributed by atoms with Crippen LogP contribution in [0.25, 0.3) is 0 Å². The Balaban J connectivity index is 1.64. The van der Waals surface area contributed by atoms with Crippen molar-refractivity contribution in [2.75, 3.05) is 11.4 Å². The van der Waals surface area contributed by atoms with Gasteiger partial charge in [-0.3, -0.25) is 4.79 Å². The average Bonchev–Trinajstić information content (AvgIpc) is 2.88. The summed E-state index contributed by atoms with van der Waals surface area (Å²) in [6.45, 7) is 4.67. The van der Waals surface area contributed by atoms with E-state index in [-0.39, 0.29) is 18.0 Å². The zero-order valence-corrected chi connectivity index (χ0v) is 14.3. The van der Waals surface area contributed by atoms with Crippen molar-refractivity contribution in [3.05, 3.63) is 64.7 Å². The molecule has 0 radical (unpaired) electrons. The van der Waals surface area contributed by atoms with Crippen LogP contribution >= 0.6 is 11.6 Å². The molecule has 2 aromatic rings. The molecular formula is C19H22ClN2O+. The lowest BCUT2D eigenvalue weighted by atomic mass is 10.1. The van der Waals surface area contributed by atoms with Crippen LogP contribution in [0.4, 0.5) is 5.69 Å². The second kappa shape index (κ2) is 6.73. The maximum atomic E-state index is 12.7. The minimum absolute atomic E-state index is 0.170. The molecule has 1 heterocycles. The van der Waals surface area contributed by atoms with Gasteiger partial charge in [0, 0.05) is 22.3 Å². The molecule has 4 heteroatoms. The van der Waals surface area contributed by atoms with E-state index in [1.54, 1.807) is 0 Å². The normalized spacial score (nSPS) is 17.9. The molecule has 0 fully saturated rings. The molecule has 0 saturated heterocycles. The van der Waals surface area contributed by atoms with Gasteiger partial charge in [0.05, 0.1) is 0 Å². The van der Waals surface area contributed by atoms with Crippen molar-refractivity contribution in [1.82, 2.24) is 0 Å². The predicted octanol–water partition coefficient (Wildman–Crippen LogP) is 2.94.